The molecule has 2 N–H and O–H groups in total. The van der Waals surface area contributed by atoms with E-state index in [-0.39, 0.29) is 0 Å². The number of halogens is 1. The molecule has 1 aliphatic rings. The normalized spacial score (nSPS) is 23.1. The zero-order valence-corrected chi connectivity index (χ0v) is 12.7. The molecule has 4 heteroatoms. The molecule has 0 aliphatic heterocycles. The summed E-state index contributed by atoms with van der Waals surface area (Å²) < 4.78 is 0.803. The fraction of sp³-hybridized carbons (Fsp3) is 0.533. The van der Waals surface area contributed by atoms with Gasteiger partial charge in [0.05, 0.1) is 5.56 Å². The molecule has 0 radical (unpaired) electrons. The van der Waals surface area contributed by atoms with E-state index in [0.717, 1.165) is 16.1 Å². The fourth-order valence-electron chi connectivity index (χ4n) is 2.83. The molecule has 1 saturated carbocycles. The van der Waals surface area contributed by atoms with Gasteiger partial charge in [-0.3, -0.25) is 0 Å². The van der Waals surface area contributed by atoms with Crippen molar-refractivity contribution in [2.45, 2.75) is 45.1 Å². The van der Waals surface area contributed by atoms with Crippen LogP contribution in [0.3, 0.4) is 0 Å². The standard InChI is InChI=1S/C15H20BrNO2/c1-2-10-4-3-5-13(6-10)17-14-8-11(15(18)19)7-12(16)9-14/h7-10,13,17H,2-6H2,1H3,(H,18,19). The highest BCUT2D eigenvalue weighted by Crippen LogP contribution is 2.29. The first kappa shape index (κ1) is 14.4. The van der Waals surface area contributed by atoms with E-state index in [1.807, 2.05) is 6.07 Å². The zero-order valence-electron chi connectivity index (χ0n) is 11.2. The summed E-state index contributed by atoms with van der Waals surface area (Å²) in [5.41, 5.74) is 1.22. The Balaban J connectivity index is 2.08. The van der Waals surface area contributed by atoms with Crippen LogP contribution in [0.2, 0.25) is 0 Å². The van der Waals surface area contributed by atoms with Gasteiger partial charge in [0.25, 0.3) is 0 Å². The minimum atomic E-state index is -0.889. The van der Waals surface area contributed by atoms with Gasteiger partial charge < -0.3 is 10.4 Å². The van der Waals surface area contributed by atoms with Gasteiger partial charge in [-0.2, -0.15) is 0 Å². The summed E-state index contributed by atoms with van der Waals surface area (Å²) in [6.45, 7) is 2.24. The van der Waals surface area contributed by atoms with Crippen molar-refractivity contribution in [2.24, 2.45) is 5.92 Å². The van der Waals surface area contributed by atoms with Crippen LogP contribution < -0.4 is 5.32 Å². The lowest BCUT2D eigenvalue weighted by atomic mass is 9.84. The molecule has 1 aromatic rings. The molecule has 1 fully saturated rings. The number of hydrogen-bond acceptors (Lipinski definition) is 2. The van der Waals surface area contributed by atoms with Gasteiger partial charge in [-0.25, -0.2) is 4.79 Å². The van der Waals surface area contributed by atoms with Crippen molar-refractivity contribution in [3.63, 3.8) is 0 Å². The smallest absolute Gasteiger partial charge is 0.335 e. The molecule has 2 atom stereocenters. The predicted molar refractivity (Wildman–Crippen MR) is 80.8 cm³/mol. The highest BCUT2D eigenvalue weighted by atomic mass is 79.9. The zero-order chi connectivity index (χ0) is 13.8. The second-order valence-electron chi connectivity index (χ2n) is 5.32. The quantitative estimate of drug-likeness (QED) is 0.855. The molecule has 0 amide bonds. The third-order valence-corrected chi connectivity index (χ3v) is 4.33. The van der Waals surface area contributed by atoms with Gasteiger partial charge in [-0.05, 0) is 37.0 Å². The number of hydrogen-bond donors (Lipinski definition) is 2. The molecule has 0 spiro atoms. The van der Waals surface area contributed by atoms with Crippen LogP contribution in [0.1, 0.15) is 49.4 Å². The van der Waals surface area contributed by atoms with Gasteiger partial charge in [0, 0.05) is 16.2 Å². The number of carboxylic acid groups (broad SMARTS) is 1. The van der Waals surface area contributed by atoms with Crippen LogP contribution in [0.5, 0.6) is 0 Å². The molecule has 19 heavy (non-hydrogen) atoms. The molecule has 0 bridgehead atoms. The van der Waals surface area contributed by atoms with Crippen molar-refractivity contribution in [1.82, 2.24) is 0 Å². The number of carboxylic acids is 1. The van der Waals surface area contributed by atoms with E-state index in [1.54, 1.807) is 12.1 Å². The van der Waals surface area contributed by atoms with E-state index in [1.165, 1.54) is 32.1 Å². The summed E-state index contributed by atoms with van der Waals surface area (Å²) in [6.07, 6.45) is 6.18. The highest BCUT2D eigenvalue weighted by Gasteiger charge is 2.20. The molecule has 0 heterocycles. The van der Waals surface area contributed by atoms with Gasteiger partial charge in [0.1, 0.15) is 0 Å². The topological polar surface area (TPSA) is 49.3 Å². The first-order valence-electron chi connectivity index (χ1n) is 6.89. The van der Waals surface area contributed by atoms with Crippen LogP contribution in [0.4, 0.5) is 5.69 Å². The van der Waals surface area contributed by atoms with Crippen molar-refractivity contribution in [1.29, 1.82) is 0 Å². The number of rotatable bonds is 4. The Kier molecular flexibility index (Phi) is 4.86. The number of benzene rings is 1. The molecule has 2 unspecified atom stereocenters. The van der Waals surface area contributed by atoms with Gasteiger partial charge >= 0.3 is 5.97 Å². The van der Waals surface area contributed by atoms with Crippen LogP contribution in [-0.4, -0.2) is 17.1 Å². The maximum Gasteiger partial charge on any atom is 0.335 e. The molecular weight excluding hydrogens is 306 g/mol. The number of aromatic carboxylic acids is 1. The summed E-state index contributed by atoms with van der Waals surface area (Å²) in [4.78, 5) is 11.0. The first-order valence-corrected chi connectivity index (χ1v) is 7.68. The van der Waals surface area contributed by atoms with E-state index < -0.39 is 5.97 Å². The Bertz CT molecular complexity index is 461. The second kappa shape index (κ2) is 6.42. The third-order valence-electron chi connectivity index (χ3n) is 3.88. The summed E-state index contributed by atoms with van der Waals surface area (Å²) in [6, 6.07) is 5.75. The maximum atomic E-state index is 11.0. The van der Waals surface area contributed by atoms with Crippen molar-refractivity contribution < 1.29 is 9.90 Å². The molecule has 0 saturated heterocycles. The minimum absolute atomic E-state index is 0.319. The van der Waals surface area contributed by atoms with Crippen LogP contribution in [0.25, 0.3) is 0 Å². The fourth-order valence-corrected chi connectivity index (χ4v) is 3.32. The second-order valence-corrected chi connectivity index (χ2v) is 6.23. The molecule has 1 aromatic carbocycles. The minimum Gasteiger partial charge on any atom is -0.478 e. The van der Waals surface area contributed by atoms with Crippen molar-refractivity contribution in [3.05, 3.63) is 28.2 Å². The SMILES string of the molecule is CCC1CCCC(Nc2cc(Br)cc(C(=O)O)c2)C1. The number of nitrogens with one attached hydrogen (secondary N) is 1. The lowest BCUT2D eigenvalue weighted by Gasteiger charge is -2.30. The molecule has 1 aliphatic carbocycles. The maximum absolute atomic E-state index is 11.0. The molecular formula is C15H20BrNO2. The Hall–Kier alpha value is -1.03. The predicted octanol–water partition coefficient (Wildman–Crippen LogP) is 4.53. The van der Waals surface area contributed by atoms with Crippen LogP contribution in [0.15, 0.2) is 22.7 Å². The molecule has 104 valence electrons. The van der Waals surface area contributed by atoms with Crippen LogP contribution in [0, 0.1) is 5.92 Å². The van der Waals surface area contributed by atoms with Crippen molar-refractivity contribution >= 4 is 27.6 Å². The molecule has 3 nitrogen and oxygen atoms in total. The van der Waals surface area contributed by atoms with Gasteiger partial charge in [-0.15, -0.1) is 0 Å². The van der Waals surface area contributed by atoms with Crippen molar-refractivity contribution in [3.8, 4) is 0 Å². The van der Waals surface area contributed by atoms with Crippen LogP contribution >= 0.6 is 15.9 Å². The Morgan fingerprint density at radius 1 is 1.42 bits per heavy atom. The summed E-state index contributed by atoms with van der Waals surface area (Å²) >= 11 is 3.37. The lowest BCUT2D eigenvalue weighted by molar-refractivity contribution is 0.0697. The van der Waals surface area contributed by atoms with Gasteiger partial charge in [0.2, 0.25) is 0 Å². The lowest BCUT2D eigenvalue weighted by Crippen LogP contribution is -2.27. The number of anilines is 1. The molecule has 0 aromatic heterocycles. The van der Waals surface area contributed by atoms with E-state index in [4.69, 9.17) is 5.11 Å². The number of carbonyl (C=O) groups is 1. The Morgan fingerprint density at radius 3 is 2.89 bits per heavy atom. The van der Waals surface area contributed by atoms with E-state index >= 15 is 0 Å². The Morgan fingerprint density at radius 2 is 2.21 bits per heavy atom. The third kappa shape index (κ3) is 3.96. The Labute approximate surface area is 122 Å². The van der Waals surface area contributed by atoms with Crippen LogP contribution in [-0.2, 0) is 0 Å². The monoisotopic (exact) mass is 325 g/mol. The first-order chi connectivity index (χ1) is 9.08. The highest BCUT2D eigenvalue weighted by molar-refractivity contribution is 9.10. The average molecular weight is 326 g/mol. The van der Waals surface area contributed by atoms with E-state index in [0.29, 0.717) is 11.6 Å². The average Bonchev–Trinajstić information content (AvgIpc) is 2.38. The van der Waals surface area contributed by atoms with Gasteiger partial charge in [-0.1, -0.05) is 42.1 Å². The summed E-state index contributed by atoms with van der Waals surface area (Å²) in [5, 5.41) is 12.6. The summed E-state index contributed by atoms with van der Waals surface area (Å²) in [7, 11) is 0. The molecule has 2 rings (SSSR count). The van der Waals surface area contributed by atoms with E-state index in [9.17, 15) is 4.79 Å². The largest absolute Gasteiger partial charge is 0.478 e. The van der Waals surface area contributed by atoms with Crippen molar-refractivity contribution in [2.75, 3.05) is 5.32 Å². The van der Waals surface area contributed by atoms with Gasteiger partial charge in [0.15, 0.2) is 0 Å². The van der Waals surface area contributed by atoms with E-state index in [2.05, 4.69) is 28.2 Å². The summed E-state index contributed by atoms with van der Waals surface area (Å²) in [5.74, 6) is -0.0863.